The molecule has 9 nitrogen and oxygen atoms in total. The van der Waals surface area contributed by atoms with E-state index in [0.29, 0.717) is 23.9 Å². The summed E-state index contributed by atoms with van der Waals surface area (Å²) in [7, 11) is 1.51. The SMILES string of the molecule is CCCCC/C=C\C/C=C\CCCCCCCCCCCCCCCCCCCC(=O)OC(/C=C\CCCCCCCCCCCCC)C(COP(=O)(O)OCC[N+](C)(C)C)NC(=O)CCCCCCCCCCCCC. The van der Waals surface area contributed by atoms with Crippen LogP contribution in [0, 0.1) is 0 Å². The molecule has 0 saturated carbocycles. The Morgan fingerprint density at radius 1 is 0.455 bits per heavy atom. The van der Waals surface area contributed by atoms with Crippen molar-refractivity contribution in [3.05, 3.63) is 36.5 Å². The monoisotopic (exact) mass is 1110 g/mol. The van der Waals surface area contributed by atoms with Crippen molar-refractivity contribution in [2.75, 3.05) is 40.9 Å². The molecule has 0 aromatic heterocycles. The molecule has 0 saturated heterocycles. The molecular formula is C67H130N2O7P+. The summed E-state index contributed by atoms with van der Waals surface area (Å²) in [4.78, 5) is 37.7. The molecule has 3 atom stereocenters. The fourth-order valence-electron chi connectivity index (χ4n) is 9.91. The third kappa shape index (κ3) is 58.7. The van der Waals surface area contributed by atoms with E-state index in [0.717, 1.165) is 64.2 Å². The van der Waals surface area contributed by atoms with E-state index in [1.54, 1.807) is 0 Å². The van der Waals surface area contributed by atoms with Crippen LogP contribution in [0.4, 0.5) is 0 Å². The van der Waals surface area contributed by atoms with Gasteiger partial charge >= 0.3 is 13.8 Å². The van der Waals surface area contributed by atoms with Gasteiger partial charge in [0.2, 0.25) is 5.91 Å². The van der Waals surface area contributed by atoms with E-state index in [4.69, 9.17) is 13.8 Å². The molecule has 0 aromatic carbocycles. The number of hydrogen-bond donors (Lipinski definition) is 2. The van der Waals surface area contributed by atoms with Crippen LogP contribution in [0.2, 0.25) is 0 Å². The summed E-state index contributed by atoms with van der Waals surface area (Å²) in [6.45, 7) is 7.02. The molecule has 1 amide bonds. The zero-order valence-electron chi connectivity index (χ0n) is 52.0. The molecule has 0 aliphatic rings. The van der Waals surface area contributed by atoms with Gasteiger partial charge < -0.3 is 19.4 Å². The van der Waals surface area contributed by atoms with Gasteiger partial charge in [0.05, 0.1) is 33.8 Å². The standard InChI is InChI=1S/C67H129N2O7P/c1-7-10-13-16-19-22-25-27-28-29-30-31-32-33-34-35-36-37-38-39-40-42-45-48-51-54-57-60-67(71)76-65(58-55-52-49-46-44-41-26-23-20-17-14-11-8-2)64(63-75-77(72,73)74-62-61-69(4,5)6)68-66(70)59-56-53-50-47-43-24-21-18-15-12-9-3/h19,22,27-28,55,58,64-65H,7-18,20-21,23-26,29-54,56-57,59-63H2,1-6H3,(H-,68,70,72,73)/p+1/b22-19-,28-27-,58-55-. The second kappa shape index (κ2) is 57.5. The maximum atomic E-state index is 13.5. The van der Waals surface area contributed by atoms with Crippen LogP contribution in [0.5, 0.6) is 0 Å². The lowest BCUT2D eigenvalue weighted by molar-refractivity contribution is -0.870. The zero-order valence-corrected chi connectivity index (χ0v) is 52.9. The van der Waals surface area contributed by atoms with Gasteiger partial charge in [-0.05, 0) is 63.9 Å². The van der Waals surface area contributed by atoms with Gasteiger partial charge in [-0.25, -0.2) is 4.57 Å². The number of nitrogens with zero attached hydrogens (tertiary/aromatic N) is 1. The molecule has 0 heterocycles. The van der Waals surface area contributed by atoms with Gasteiger partial charge in [0, 0.05) is 12.8 Å². The van der Waals surface area contributed by atoms with E-state index < -0.39 is 20.0 Å². The predicted octanol–water partition coefficient (Wildman–Crippen LogP) is 20.7. The highest BCUT2D eigenvalue weighted by Crippen LogP contribution is 2.43. The number of phosphoric ester groups is 1. The van der Waals surface area contributed by atoms with Crippen LogP contribution >= 0.6 is 7.82 Å². The minimum atomic E-state index is -4.44. The lowest BCUT2D eigenvalue weighted by atomic mass is 10.0. The topological polar surface area (TPSA) is 111 Å². The van der Waals surface area contributed by atoms with E-state index in [9.17, 15) is 19.0 Å². The fourth-order valence-corrected chi connectivity index (χ4v) is 10.7. The van der Waals surface area contributed by atoms with Crippen LogP contribution in [0.15, 0.2) is 36.5 Å². The Morgan fingerprint density at radius 2 is 0.792 bits per heavy atom. The van der Waals surface area contributed by atoms with Crippen molar-refractivity contribution in [2.45, 2.75) is 341 Å². The van der Waals surface area contributed by atoms with Crippen molar-refractivity contribution in [1.29, 1.82) is 0 Å². The Morgan fingerprint density at radius 3 is 1.19 bits per heavy atom. The van der Waals surface area contributed by atoms with Crippen molar-refractivity contribution < 1.29 is 37.3 Å². The highest BCUT2D eigenvalue weighted by molar-refractivity contribution is 7.47. The molecule has 0 aromatic rings. The van der Waals surface area contributed by atoms with Crippen LogP contribution < -0.4 is 5.32 Å². The number of rotatable bonds is 61. The van der Waals surface area contributed by atoms with Gasteiger partial charge in [0.1, 0.15) is 19.3 Å². The molecule has 2 N–H and O–H groups in total. The predicted molar refractivity (Wildman–Crippen MR) is 332 cm³/mol. The number of allylic oxidation sites excluding steroid dienone is 5. The first kappa shape index (κ1) is 75.2. The number of likely N-dealkylation sites (N-methyl/N-ethyl adjacent to an activating group) is 1. The Hall–Kier alpha value is -1.77. The number of nitrogens with one attached hydrogen (secondary N) is 1. The molecule has 10 heteroatoms. The van der Waals surface area contributed by atoms with Gasteiger partial charge in [-0.1, -0.05) is 289 Å². The van der Waals surface area contributed by atoms with E-state index in [1.165, 1.54) is 231 Å². The van der Waals surface area contributed by atoms with E-state index >= 15 is 0 Å². The molecule has 0 aliphatic heterocycles. The van der Waals surface area contributed by atoms with Crippen LogP contribution in [-0.4, -0.2) is 74.3 Å². The smallest absolute Gasteiger partial charge is 0.456 e. The van der Waals surface area contributed by atoms with Crippen LogP contribution in [0.3, 0.4) is 0 Å². The maximum absolute atomic E-state index is 13.5. The summed E-state index contributed by atoms with van der Waals surface area (Å²) < 4.78 is 30.7. The highest BCUT2D eigenvalue weighted by Gasteiger charge is 2.30. The summed E-state index contributed by atoms with van der Waals surface area (Å²) in [5.41, 5.74) is 0. The van der Waals surface area contributed by atoms with Gasteiger partial charge in [0.25, 0.3) is 0 Å². The summed E-state index contributed by atoms with van der Waals surface area (Å²) in [5.74, 6) is -0.489. The molecule has 0 spiro atoms. The number of quaternary nitrogens is 1. The Kier molecular flexibility index (Phi) is 56.1. The number of ether oxygens (including phenoxy) is 1. The minimum Gasteiger partial charge on any atom is -0.456 e. The number of unbranched alkanes of at least 4 members (excludes halogenated alkanes) is 41. The highest BCUT2D eigenvalue weighted by atomic mass is 31.2. The van der Waals surface area contributed by atoms with Gasteiger partial charge in [0.15, 0.2) is 0 Å². The van der Waals surface area contributed by atoms with Crippen molar-refractivity contribution in [3.8, 4) is 0 Å². The van der Waals surface area contributed by atoms with Crippen LogP contribution in [-0.2, 0) is 27.9 Å². The number of phosphoric acid groups is 1. The molecule has 0 rings (SSSR count). The van der Waals surface area contributed by atoms with Crippen molar-refractivity contribution >= 4 is 19.7 Å². The van der Waals surface area contributed by atoms with Crippen LogP contribution in [0.25, 0.3) is 0 Å². The van der Waals surface area contributed by atoms with Gasteiger partial charge in [-0.15, -0.1) is 0 Å². The van der Waals surface area contributed by atoms with E-state index in [2.05, 4.69) is 50.4 Å². The Balaban J connectivity index is 4.96. The first-order valence-corrected chi connectivity index (χ1v) is 34.8. The maximum Gasteiger partial charge on any atom is 0.472 e. The number of esters is 1. The van der Waals surface area contributed by atoms with Crippen molar-refractivity contribution in [1.82, 2.24) is 5.32 Å². The van der Waals surface area contributed by atoms with Crippen molar-refractivity contribution in [3.63, 3.8) is 0 Å². The molecule has 77 heavy (non-hydrogen) atoms. The van der Waals surface area contributed by atoms with E-state index in [1.807, 2.05) is 33.3 Å². The molecular weight excluding hydrogens is 976 g/mol. The average molecular weight is 1110 g/mol. The molecule has 0 fully saturated rings. The van der Waals surface area contributed by atoms with Gasteiger partial charge in [-0.3, -0.25) is 18.6 Å². The van der Waals surface area contributed by atoms with E-state index in [-0.39, 0.29) is 25.1 Å². The van der Waals surface area contributed by atoms with Crippen molar-refractivity contribution in [2.24, 2.45) is 0 Å². The summed E-state index contributed by atoms with van der Waals surface area (Å²) in [6, 6.07) is -0.842. The third-order valence-corrected chi connectivity index (χ3v) is 16.1. The largest absolute Gasteiger partial charge is 0.472 e. The number of carbonyl (C=O) groups excluding carboxylic acids is 2. The zero-order chi connectivity index (χ0) is 56.4. The molecule has 454 valence electrons. The van der Waals surface area contributed by atoms with Gasteiger partial charge in [-0.2, -0.15) is 0 Å². The Bertz CT molecular complexity index is 1410. The normalized spacial score (nSPS) is 13.8. The molecule has 0 aliphatic carbocycles. The number of carbonyl (C=O) groups is 2. The summed E-state index contributed by atoms with van der Waals surface area (Å²) in [5, 5.41) is 3.06. The average Bonchev–Trinajstić information content (AvgIpc) is 3.39. The lowest BCUT2D eigenvalue weighted by Crippen LogP contribution is -2.47. The molecule has 0 bridgehead atoms. The minimum absolute atomic E-state index is 0.0436. The second-order valence-corrected chi connectivity index (χ2v) is 25.5. The summed E-state index contributed by atoms with van der Waals surface area (Å²) in [6.07, 6.45) is 70.1. The number of amides is 1. The first-order chi connectivity index (χ1) is 37.4. The summed E-state index contributed by atoms with van der Waals surface area (Å²) >= 11 is 0. The quantitative estimate of drug-likeness (QED) is 0.0205. The Labute approximate surface area is 478 Å². The lowest BCUT2D eigenvalue weighted by Gasteiger charge is -2.27. The first-order valence-electron chi connectivity index (χ1n) is 33.3. The molecule has 3 unspecified atom stereocenters. The fraction of sp³-hybridized carbons (Fsp3) is 0.881. The second-order valence-electron chi connectivity index (χ2n) is 24.0. The van der Waals surface area contributed by atoms with Crippen LogP contribution in [0.1, 0.15) is 329 Å². The molecule has 0 radical (unpaired) electrons. The number of hydrogen-bond acceptors (Lipinski definition) is 6. The third-order valence-electron chi connectivity index (χ3n) is 15.1.